The number of aliphatic hydroxyl groups is 1. The minimum atomic E-state index is -0.541. The van der Waals surface area contributed by atoms with Gasteiger partial charge in [-0.25, -0.2) is 0 Å². The van der Waals surface area contributed by atoms with Gasteiger partial charge in [-0.15, -0.1) is 0 Å². The van der Waals surface area contributed by atoms with Gasteiger partial charge in [-0.3, -0.25) is 4.79 Å². The van der Waals surface area contributed by atoms with E-state index in [4.69, 9.17) is 9.47 Å². The standard InChI is InChI=1S/C53H96O4/c1-3-5-7-9-11-13-15-17-19-21-23-25-26-27-29-31-33-35-37-39-41-43-45-47-49-56-51-52(50-54)57-53(55)48-46-44-42-40-38-36-34-32-30-28-24-22-20-18-16-14-12-10-8-6-4-2/h6,8,12,14,18,20-21,23-24,28,52,54H,3-5,7,9-11,13,15-17,19,22,25-27,29-51H2,1-2H3/b8-6-,14-12-,20-18-,23-21-,28-24-. The quantitative estimate of drug-likeness (QED) is 0.0379. The molecule has 0 aromatic heterocycles. The third kappa shape index (κ3) is 48.4. The van der Waals surface area contributed by atoms with Crippen molar-refractivity contribution in [2.24, 2.45) is 0 Å². The number of ether oxygens (including phenoxy) is 2. The number of carbonyl (C=O) groups excluding carboxylic acids is 1. The molecule has 0 saturated carbocycles. The molecule has 0 radical (unpaired) electrons. The molecule has 0 saturated heterocycles. The minimum absolute atomic E-state index is 0.176. The van der Waals surface area contributed by atoms with Crippen LogP contribution in [0.2, 0.25) is 0 Å². The van der Waals surface area contributed by atoms with E-state index in [1.54, 1.807) is 0 Å². The number of allylic oxidation sites excluding steroid dienone is 10. The number of esters is 1. The molecule has 0 amide bonds. The maximum absolute atomic E-state index is 12.3. The molecule has 332 valence electrons. The smallest absolute Gasteiger partial charge is 0.306 e. The summed E-state index contributed by atoms with van der Waals surface area (Å²) in [6, 6.07) is 0. The second kappa shape index (κ2) is 50.2. The predicted molar refractivity (Wildman–Crippen MR) is 251 cm³/mol. The number of carbonyl (C=O) groups is 1. The summed E-state index contributed by atoms with van der Waals surface area (Å²) >= 11 is 0. The summed E-state index contributed by atoms with van der Waals surface area (Å²) in [7, 11) is 0. The van der Waals surface area contributed by atoms with Gasteiger partial charge >= 0.3 is 5.97 Å². The summed E-state index contributed by atoms with van der Waals surface area (Å²) in [6.45, 7) is 5.25. The number of hydrogen-bond acceptors (Lipinski definition) is 4. The number of aliphatic hydroxyl groups excluding tert-OH is 1. The maximum atomic E-state index is 12.3. The third-order valence-electron chi connectivity index (χ3n) is 10.8. The zero-order chi connectivity index (χ0) is 41.2. The van der Waals surface area contributed by atoms with Gasteiger partial charge in [-0.1, -0.05) is 222 Å². The van der Waals surface area contributed by atoms with Crippen molar-refractivity contribution in [1.29, 1.82) is 0 Å². The highest BCUT2D eigenvalue weighted by Crippen LogP contribution is 2.15. The van der Waals surface area contributed by atoms with Crippen molar-refractivity contribution in [3.8, 4) is 0 Å². The highest BCUT2D eigenvalue weighted by molar-refractivity contribution is 5.69. The third-order valence-corrected chi connectivity index (χ3v) is 10.8. The maximum Gasteiger partial charge on any atom is 0.306 e. The van der Waals surface area contributed by atoms with Gasteiger partial charge in [0.25, 0.3) is 0 Å². The fourth-order valence-corrected chi connectivity index (χ4v) is 7.14. The Hall–Kier alpha value is -1.91. The van der Waals surface area contributed by atoms with Crippen molar-refractivity contribution in [2.45, 2.75) is 251 Å². The first-order valence-electron chi connectivity index (χ1n) is 24.9. The average molecular weight is 797 g/mol. The summed E-state index contributed by atoms with van der Waals surface area (Å²) in [5.41, 5.74) is 0. The molecule has 1 unspecified atom stereocenters. The molecule has 0 heterocycles. The molecule has 1 N–H and O–H groups in total. The molecular formula is C53H96O4. The van der Waals surface area contributed by atoms with Crippen molar-refractivity contribution in [3.63, 3.8) is 0 Å². The molecule has 0 spiro atoms. The highest BCUT2D eigenvalue weighted by Gasteiger charge is 2.13. The zero-order valence-electron chi connectivity index (χ0n) is 38.1. The van der Waals surface area contributed by atoms with Crippen LogP contribution in [0.5, 0.6) is 0 Å². The molecule has 0 aromatic carbocycles. The monoisotopic (exact) mass is 797 g/mol. The molecular weight excluding hydrogens is 701 g/mol. The molecule has 0 bridgehead atoms. The Morgan fingerprint density at radius 1 is 0.439 bits per heavy atom. The summed E-state index contributed by atoms with van der Waals surface area (Å²) in [4.78, 5) is 12.3. The Morgan fingerprint density at radius 2 is 0.789 bits per heavy atom. The van der Waals surface area contributed by atoms with Crippen LogP contribution >= 0.6 is 0 Å². The van der Waals surface area contributed by atoms with Crippen molar-refractivity contribution >= 4 is 5.97 Å². The van der Waals surface area contributed by atoms with Crippen LogP contribution in [0.4, 0.5) is 0 Å². The van der Waals surface area contributed by atoms with Crippen LogP contribution in [0.25, 0.3) is 0 Å². The van der Waals surface area contributed by atoms with Crippen LogP contribution in [0, 0.1) is 0 Å². The van der Waals surface area contributed by atoms with E-state index in [0.29, 0.717) is 19.6 Å². The lowest BCUT2D eigenvalue weighted by atomic mass is 10.0. The normalized spacial score (nSPS) is 12.8. The van der Waals surface area contributed by atoms with E-state index in [-0.39, 0.29) is 12.6 Å². The van der Waals surface area contributed by atoms with Crippen LogP contribution in [0.1, 0.15) is 245 Å². The molecule has 0 fully saturated rings. The fourth-order valence-electron chi connectivity index (χ4n) is 7.14. The Balaban J connectivity index is 3.42. The van der Waals surface area contributed by atoms with Crippen molar-refractivity contribution in [3.05, 3.63) is 60.8 Å². The van der Waals surface area contributed by atoms with Gasteiger partial charge in [0.1, 0.15) is 6.10 Å². The Morgan fingerprint density at radius 3 is 1.21 bits per heavy atom. The lowest BCUT2D eigenvalue weighted by molar-refractivity contribution is -0.154. The van der Waals surface area contributed by atoms with E-state index in [1.807, 2.05) is 0 Å². The van der Waals surface area contributed by atoms with Crippen LogP contribution in [0.15, 0.2) is 60.8 Å². The zero-order valence-corrected chi connectivity index (χ0v) is 38.1. The van der Waals surface area contributed by atoms with Crippen molar-refractivity contribution in [1.82, 2.24) is 0 Å². The average Bonchev–Trinajstić information content (AvgIpc) is 3.22. The summed E-state index contributed by atoms with van der Waals surface area (Å²) < 4.78 is 11.2. The first kappa shape index (κ1) is 55.1. The molecule has 0 aliphatic carbocycles. The van der Waals surface area contributed by atoms with Crippen LogP contribution in [-0.2, 0) is 14.3 Å². The van der Waals surface area contributed by atoms with Crippen molar-refractivity contribution < 1.29 is 19.4 Å². The van der Waals surface area contributed by atoms with Crippen molar-refractivity contribution in [2.75, 3.05) is 19.8 Å². The van der Waals surface area contributed by atoms with E-state index < -0.39 is 6.10 Å². The van der Waals surface area contributed by atoms with Gasteiger partial charge in [-0.2, -0.15) is 0 Å². The molecule has 1 atom stereocenters. The van der Waals surface area contributed by atoms with E-state index in [0.717, 1.165) is 44.9 Å². The van der Waals surface area contributed by atoms with Gasteiger partial charge < -0.3 is 14.6 Å². The van der Waals surface area contributed by atoms with Gasteiger partial charge in [-0.05, 0) is 77.0 Å². The van der Waals surface area contributed by atoms with Crippen LogP contribution in [-0.4, -0.2) is 37.0 Å². The van der Waals surface area contributed by atoms with Gasteiger partial charge in [0.05, 0.1) is 13.2 Å². The summed E-state index contributed by atoms with van der Waals surface area (Å²) in [5, 5.41) is 9.64. The van der Waals surface area contributed by atoms with E-state index in [9.17, 15) is 9.90 Å². The molecule has 0 aromatic rings. The molecule has 4 heteroatoms. The lowest BCUT2D eigenvalue weighted by Crippen LogP contribution is -2.27. The highest BCUT2D eigenvalue weighted by atomic mass is 16.6. The van der Waals surface area contributed by atoms with Gasteiger partial charge in [0.2, 0.25) is 0 Å². The summed E-state index contributed by atoms with van der Waals surface area (Å²) in [5.74, 6) is -0.208. The first-order valence-corrected chi connectivity index (χ1v) is 24.9. The van der Waals surface area contributed by atoms with E-state index >= 15 is 0 Å². The molecule has 0 rings (SSSR count). The lowest BCUT2D eigenvalue weighted by Gasteiger charge is -2.16. The largest absolute Gasteiger partial charge is 0.457 e. The van der Waals surface area contributed by atoms with E-state index in [2.05, 4.69) is 74.6 Å². The molecule has 0 aliphatic rings. The molecule has 57 heavy (non-hydrogen) atoms. The summed E-state index contributed by atoms with van der Waals surface area (Å²) in [6.07, 6.45) is 67.4. The number of hydrogen-bond donors (Lipinski definition) is 1. The first-order chi connectivity index (χ1) is 28.2. The fraction of sp³-hybridized carbons (Fsp3) is 0.792. The Kier molecular flexibility index (Phi) is 48.6. The SMILES string of the molecule is CC/C=C\C/C=C\C/C=C\C/C=C\CCCCCCCCCCC(=O)OC(CO)COCCCCCCCCCCCCCC/C=C\CCCCCCCCCC. The van der Waals surface area contributed by atoms with Gasteiger partial charge in [0.15, 0.2) is 0 Å². The molecule has 0 aliphatic heterocycles. The topological polar surface area (TPSA) is 55.8 Å². The second-order valence-electron chi connectivity index (χ2n) is 16.5. The Labute approximate surface area is 355 Å². The van der Waals surface area contributed by atoms with Gasteiger partial charge in [0, 0.05) is 13.0 Å². The number of rotatable bonds is 46. The predicted octanol–water partition coefficient (Wildman–Crippen LogP) is 16.8. The van der Waals surface area contributed by atoms with Crippen LogP contribution in [0.3, 0.4) is 0 Å². The minimum Gasteiger partial charge on any atom is -0.457 e. The van der Waals surface area contributed by atoms with E-state index in [1.165, 1.54) is 180 Å². The second-order valence-corrected chi connectivity index (χ2v) is 16.5. The number of unbranched alkanes of at least 4 members (excludes halogenated alkanes) is 28. The molecule has 4 nitrogen and oxygen atoms in total. The van der Waals surface area contributed by atoms with Crippen LogP contribution < -0.4 is 0 Å². The Bertz CT molecular complexity index is 931.